The summed E-state index contributed by atoms with van der Waals surface area (Å²) in [6, 6.07) is 5.51. The fraction of sp³-hybridized carbons (Fsp3) is 0.333. The molecule has 6 heteroatoms. The molecule has 0 aliphatic heterocycles. The van der Waals surface area contributed by atoms with Gasteiger partial charge in [-0.2, -0.15) is 0 Å². The molecule has 0 radical (unpaired) electrons. The Morgan fingerprint density at radius 2 is 1.62 bits per heavy atom. The summed E-state index contributed by atoms with van der Waals surface area (Å²) in [5.41, 5.74) is 0.749. The second-order valence-electron chi connectivity index (χ2n) is 4.51. The van der Waals surface area contributed by atoms with Crippen LogP contribution in [0.1, 0.15) is 0 Å². The van der Waals surface area contributed by atoms with Crippen molar-refractivity contribution in [1.82, 2.24) is 9.97 Å². The van der Waals surface area contributed by atoms with Gasteiger partial charge in [-0.25, -0.2) is 9.97 Å². The Bertz CT molecular complexity index is 630. The number of anilines is 1. The van der Waals surface area contributed by atoms with E-state index in [0.717, 1.165) is 11.4 Å². The summed E-state index contributed by atoms with van der Waals surface area (Å²) in [7, 11) is 8.59. The lowest BCUT2D eigenvalue weighted by Gasteiger charge is -2.16. The molecular weight excluding hydrogens is 270 g/mol. The van der Waals surface area contributed by atoms with Gasteiger partial charge in [-0.1, -0.05) is 0 Å². The van der Waals surface area contributed by atoms with Crippen LogP contribution in [0, 0.1) is 0 Å². The van der Waals surface area contributed by atoms with Crippen LogP contribution >= 0.6 is 0 Å². The van der Waals surface area contributed by atoms with Gasteiger partial charge in [0.1, 0.15) is 5.82 Å². The van der Waals surface area contributed by atoms with E-state index < -0.39 is 0 Å². The number of hydrogen-bond acceptors (Lipinski definition) is 6. The van der Waals surface area contributed by atoms with Crippen molar-refractivity contribution in [2.45, 2.75) is 0 Å². The summed E-state index contributed by atoms with van der Waals surface area (Å²) in [5.74, 6) is 3.06. The van der Waals surface area contributed by atoms with E-state index in [4.69, 9.17) is 14.2 Å². The number of rotatable bonds is 5. The molecule has 0 atom stereocenters. The summed E-state index contributed by atoms with van der Waals surface area (Å²) >= 11 is 0. The van der Waals surface area contributed by atoms with E-state index in [1.165, 1.54) is 0 Å². The van der Waals surface area contributed by atoms with E-state index >= 15 is 0 Å². The van der Waals surface area contributed by atoms with Crippen molar-refractivity contribution in [3.05, 3.63) is 24.4 Å². The summed E-state index contributed by atoms with van der Waals surface area (Å²) in [5, 5.41) is 0. The number of hydrogen-bond donors (Lipinski definition) is 0. The largest absolute Gasteiger partial charge is 0.493 e. The van der Waals surface area contributed by atoms with Crippen molar-refractivity contribution < 1.29 is 14.2 Å². The van der Waals surface area contributed by atoms with E-state index in [9.17, 15) is 0 Å². The molecule has 0 fully saturated rings. The van der Waals surface area contributed by atoms with Crippen molar-refractivity contribution in [1.29, 1.82) is 0 Å². The normalized spacial score (nSPS) is 10.1. The summed E-state index contributed by atoms with van der Waals surface area (Å²) in [6.45, 7) is 0. The Kier molecular flexibility index (Phi) is 4.47. The number of aromatic nitrogens is 2. The molecule has 0 bridgehead atoms. The molecule has 21 heavy (non-hydrogen) atoms. The van der Waals surface area contributed by atoms with Crippen molar-refractivity contribution >= 4 is 5.82 Å². The highest BCUT2D eigenvalue weighted by Gasteiger charge is 2.18. The highest BCUT2D eigenvalue weighted by atomic mass is 16.5. The van der Waals surface area contributed by atoms with Crippen LogP contribution in [0.2, 0.25) is 0 Å². The zero-order valence-corrected chi connectivity index (χ0v) is 12.9. The molecule has 2 aromatic rings. The van der Waals surface area contributed by atoms with Crippen LogP contribution in [0.15, 0.2) is 24.4 Å². The zero-order chi connectivity index (χ0) is 15.4. The summed E-state index contributed by atoms with van der Waals surface area (Å²) < 4.78 is 16.1. The first-order chi connectivity index (χ1) is 10.1. The van der Waals surface area contributed by atoms with Gasteiger partial charge in [-0.3, -0.25) is 0 Å². The van der Waals surface area contributed by atoms with Gasteiger partial charge in [0, 0.05) is 20.3 Å². The summed E-state index contributed by atoms with van der Waals surface area (Å²) in [4.78, 5) is 10.8. The highest BCUT2D eigenvalue weighted by molar-refractivity contribution is 5.72. The van der Waals surface area contributed by atoms with Crippen molar-refractivity contribution in [2.75, 3.05) is 40.3 Å². The molecule has 1 heterocycles. The first-order valence-corrected chi connectivity index (χ1v) is 6.42. The van der Waals surface area contributed by atoms with Crippen LogP contribution in [0.25, 0.3) is 11.4 Å². The van der Waals surface area contributed by atoms with Crippen LogP contribution in [0.4, 0.5) is 5.82 Å². The molecule has 0 aliphatic carbocycles. The topological polar surface area (TPSA) is 56.7 Å². The first-order valence-electron chi connectivity index (χ1n) is 6.42. The van der Waals surface area contributed by atoms with Crippen molar-refractivity contribution in [2.24, 2.45) is 0 Å². The van der Waals surface area contributed by atoms with Gasteiger partial charge in [0.05, 0.1) is 26.9 Å². The predicted octanol–water partition coefficient (Wildman–Crippen LogP) is 2.24. The van der Waals surface area contributed by atoms with E-state index in [-0.39, 0.29) is 0 Å². The molecule has 112 valence electrons. The Morgan fingerprint density at radius 1 is 0.905 bits per heavy atom. The van der Waals surface area contributed by atoms with Crippen molar-refractivity contribution in [3.8, 4) is 28.6 Å². The smallest absolute Gasteiger partial charge is 0.204 e. The molecule has 1 aromatic heterocycles. The highest BCUT2D eigenvalue weighted by Crippen LogP contribution is 2.43. The van der Waals surface area contributed by atoms with Crippen LogP contribution < -0.4 is 19.1 Å². The Balaban J connectivity index is 2.61. The molecular formula is C15H19N3O3. The average Bonchev–Trinajstić information content (AvgIpc) is 2.53. The van der Waals surface area contributed by atoms with E-state index in [2.05, 4.69) is 9.97 Å². The van der Waals surface area contributed by atoms with Gasteiger partial charge in [0.25, 0.3) is 0 Å². The average molecular weight is 289 g/mol. The number of benzene rings is 1. The molecule has 0 amide bonds. The van der Waals surface area contributed by atoms with E-state index in [0.29, 0.717) is 23.1 Å². The maximum atomic E-state index is 5.47. The zero-order valence-electron chi connectivity index (χ0n) is 12.9. The second-order valence-corrected chi connectivity index (χ2v) is 4.51. The first kappa shape index (κ1) is 14.9. The van der Waals surface area contributed by atoms with Gasteiger partial charge in [0.2, 0.25) is 5.75 Å². The number of methoxy groups -OCH3 is 3. The molecule has 0 aliphatic rings. The fourth-order valence-electron chi connectivity index (χ4n) is 2.01. The second kappa shape index (κ2) is 6.30. The Morgan fingerprint density at radius 3 is 2.19 bits per heavy atom. The predicted molar refractivity (Wildman–Crippen MR) is 81.5 cm³/mol. The summed E-state index contributed by atoms with van der Waals surface area (Å²) in [6.07, 6.45) is 1.72. The lowest BCUT2D eigenvalue weighted by molar-refractivity contribution is 0.325. The van der Waals surface area contributed by atoms with Crippen LogP contribution in [-0.4, -0.2) is 45.4 Å². The van der Waals surface area contributed by atoms with Gasteiger partial charge in [-0.15, -0.1) is 0 Å². The van der Waals surface area contributed by atoms with Gasteiger partial charge >= 0.3 is 0 Å². The molecule has 2 rings (SSSR count). The molecule has 0 spiro atoms. The van der Waals surface area contributed by atoms with Gasteiger partial charge < -0.3 is 19.1 Å². The number of nitrogens with zero attached hydrogens (tertiary/aromatic N) is 3. The third kappa shape index (κ3) is 2.84. The van der Waals surface area contributed by atoms with Crippen molar-refractivity contribution in [3.63, 3.8) is 0 Å². The van der Waals surface area contributed by atoms with E-state index in [1.807, 2.05) is 37.2 Å². The fourth-order valence-corrected chi connectivity index (χ4v) is 2.01. The third-order valence-electron chi connectivity index (χ3n) is 3.04. The SMILES string of the molecule is COc1ccc(-c2nccc(N(C)C)n2)c(OC)c1OC. The van der Waals surface area contributed by atoms with Crippen LogP contribution in [-0.2, 0) is 0 Å². The molecule has 0 saturated carbocycles. The third-order valence-corrected chi connectivity index (χ3v) is 3.04. The monoisotopic (exact) mass is 289 g/mol. The van der Waals surface area contributed by atoms with Gasteiger partial charge in [-0.05, 0) is 18.2 Å². The standard InChI is InChI=1S/C15H19N3O3/c1-18(2)12-8-9-16-15(17-12)10-6-7-11(19-3)14(21-5)13(10)20-4/h6-9H,1-5H3. The van der Waals surface area contributed by atoms with Crippen LogP contribution in [0.3, 0.4) is 0 Å². The van der Waals surface area contributed by atoms with E-state index in [1.54, 1.807) is 27.5 Å². The van der Waals surface area contributed by atoms with Gasteiger partial charge in [0.15, 0.2) is 17.3 Å². The molecule has 6 nitrogen and oxygen atoms in total. The molecule has 1 aromatic carbocycles. The Hall–Kier alpha value is -2.50. The lowest BCUT2D eigenvalue weighted by atomic mass is 10.1. The minimum Gasteiger partial charge on any atom is -0.493 e. The molecule has 0 N–H and O–H groups in total. The number of ether oxygens (including phenoxy) is 3. The maximum absolute atomic E-state index is 5.47. The lowest BCUT2D eigenvalue weighted by Crippen LogP contribution is -2.11. The van der Waals surface area contributed by atoms with Crippen LogP contribution in [0.5, 0.6) is 17.2 Å². The minimum atomic E-state index is 0.524. The quantitative estimate of drug-likeness (QED) is 0.841. The molecule has 0 saturated heterocycles. The Labute approximate surface area is 124 Å². The molecule has 0 unspecified atom stereocenters. The minimum absolute atomic E-state index is 0.524. The maximum Gasteiger partial charge on any atom is 0.204 e.